The van der Waals surface area contributed by atoms with Crippen LogP contribution in [-0.4, -0.2) is 35.6 Å². The summed E-state index contributed by atoms with van der Waals surface area (Å²) in [6.45, 7) is 3.96. The third-order valence-corrected chi connectivity index (χ3v) is 4.31. The Bertz CT molecular complexity index is 1060. The zero-order valence-electron chi connectivity index (χ0n) is 15.5. The van der Waals surface area contributed by atoms with Crippen molar-refractivity contribution in [2.24, 2.45) is 0 Å². The molecule has 0 saturated heterocycles. The van der Waals surface area contributed by atoms with Crippen LogP contribution in [0.3, 0.4) is 0 Å². The van der Waals surface area contributed by atoms with Gasteiger partial charge in [0.2, 0.25) is 5.95 Å². The molecule has 3 aromatic heterocycles. The third kappa shape index (κ3) is 3.63. The average molecular weight is 373 g/mol. The predicted molar refractivity (Wildman–Crippen MR) is 106 cm³/mol. The number of tetrazole rings is 1. The lowest BCUT2D eigenvalue weighted by Crippen LogP contribution is -2.11. The van der Waals surface area contributed by atoms with Crippen molar-refractivity contribution in [2.45, 2.75) is 19.9 Å². The first-order chi connectivity index (χ1) is 13.6. The Morgan fingerprint density at radius 2 is 1.79 bits per heavy atom. The van der Waals surface area contributed by atoms with Crippen molar-refractivity contribution >= 4 is 11.8 Å². The summed E-state index contributed by atoms with van der Waals surface area (Å²) >= 11 is 0. The number of nitrogen functional groups attached to an aromatic ring is 1. The van der Waals surface area contributed by atoms with Gasteiger partial charge in [0.15, 0.2) is 5.82 Å². The minimum Gasteiger partial charge on any atom is -0.384 e. The Morgan fingerprint density at radius 1 is 1.00 bits per heavy atom. The fraction of sp³-hybridized carbons (Fsp3) is 0.158. The van der Waals surface area contributed by atoms with Gasteiger partial charge >= 0.3 is 0 Å². The number of pyridine rings is 1. The number of nitrogens with zero attached hydrogens (tertiary/aromatic N) is 6. The van der Waals surface area contributed by atoms with Crippen LogP contribution >= 0.6 is 0 Å². The van der Waals surface area contributed by atoms with Crippen LogP contribution in [0.25, 0.3) is 22.4 Å². The monoisotopic (exact) mass is 373 g/mol. The summed E-state index contributed by atoms with van der Waals surface area (Å²) in [6, 6.07) is 11.7. The van der Waals surface area contributed by atoms with Gasteiger partial charge in [-0.1, -0.05) is 35.0 Å². The maximum absolute atomic E-state index is 5.72. The Labute approximate surface area is 161 Å². The fourth-order valence-corrected chi connectivity index (χ4v) is 2.77. The summed E-state index contributed by atoms with van der Waals surface area (Å²) < 4.78 is 0. The molecule has 4 aromatic rings. The molecule has 1 aromatic carbocycles. The lowest BCUT2D eigenvalue weighted by Gasteiger charge is -2.14. The van der Waals surface area contributed by atoms with E-state index in [1.807, 2.05) is 32.0 Å². The number of hydrogen-bond donors (Lipinski definition) is 3. The molecule has 0 aliphatic carbocycles. The van der Waals surface area contributed by atoms with Crippen LogP contribution in [0, 0.1) is 6.92 Å². The molecule has 9 heteroatoms. The molecular formula is C19H19N9. The molecule has 0 aliphatic rings. The van der Waals surface area contributed by atoms with Gasteiger partial charge in [0.25, 0.3) is 0 Å². The number of nitrogens with two attached hydrogens (primary N) is 1. The van der Waals surface area contributed by atoms with Crippen LogP contribution in [0.15, 0.2) is 48.8 Å². The molecule has 4 N–H and O–H groups in total. The van der Waals surface area contributed by atoms with Gasteiger partial charge in [-0.15, -0.1) is 10.2 Å². The minimum atomic E-state index is -0.200. The molecule has 3 heterocycles. The molecule has 4 rings (SSSR count). The highest BCUT2D eigenvalue weighted by Crippen LogP contribution is 2.31. The number of anilines is 2. The van der Waals surface area contributed by atoms with Gasteiger partial charge in [-0.3, -0.25) is 0 Å². The zero-order valence-corrected chi connectivity index (χ0v) is 15.5. The van der Waals surface area contributed by atoms with Crippen LogP contribution in [0.4, 0.5) is 11.8 Å². The van der Waals surface area contributed by atoms with Crippen LogP contribution < -0.4 is 11.1 Å². The van der Waals surface area contributed by atoms with E-state index < -0.39 is 0 Å². The molecule has 0 aliphatic heterocycles. The lowest BCUT2D eigenvalue weighted by molar-refractivity contribution is 0.781. The van der Waals surface area contributed by atoms with E-state index in [-0.39, 0.29) is 6.04 Å². The number of benzene rings is 1. The maximum Gasteiger partial charge on any atom is 0.223 e. The minimum absolute atomic E-state index is 0.200. The van der Waals surface area contributed by atoms with Crippen LogP contribution in [0.1, 0.15) is 24.4 Å². The van der Waals surface area contributed by atoms with E-state index in [0.29, 0.717) is 17.6 Å². The quantitative estimate of drug-likeness (QED) is 0.487. The molecule has 0 bridgehead atoms. The molecular weight excluding hydrogens is 354 g/mol. The van der Waals surface area contributed by atoms with Gasteiger partial charge in [0, 0.05) is 29.1 Å². The van der Waals surface area contributed by atoms with Crippen molar-refractivity contribution in [3.8, 4) is 22.4 Å². The first-order valence-corrected chi connectivity index (χ1v) is 8.76. The van der Waals surface area contributed by atoms with Crippen molar-refractivity contribution in [2.75, 3.05) is 11.1 Å². The van der Waals surface area contributed by atoms with Gasteiger partial charge < -0.3 is 11.1 Å². The van der Waals surface area contributed by atoms with Crippen LogP contribution in [-0.2, 0) is 0 Å². The fourth-order valence-electron chi connectivity index (χ4n) is 2.77. The predicted octanol–water partition coefficient (Wildman–Crippen LogP) is 2.78. The first-order valence-electron chi connectivity index (χ1n) is 8.76. The van der Waals surface area contributed by atoms with Crippen molar-refractivity contribution in [3.05, 3.63) is 60.2 Å². The van der Waals surface area contributed by atoms with Gasteiger partial charge in [-0.25, -0.2) is 15.0 Å². The molecule has 28 heavy (non-hydrogen) atoms. The van der Waals surface area contributed by atoms with E-state index in [2.05, 4.69) is 48.0 Å². The van der Waals surface area contributed by atoms with Crippen molar-refractivity contribution in [1.82, 2.24) is 35.6 Å². The zero-order chi connectivity index (χ0) is 19.5. The van der Waals surface area contributed by atoms with Gasteiger partial charge in [-0.05, 0) is 26.0 Å². The summed E-state index contributed by atoms with van der Waals surface area (Å²) in [5.41, 5.74) is 10.4. The average Bonchev–Trinajstić information content (AvgIpc) is 3.24. The largest absolute Gasteiger partial charge is 0.384 e. The van der Waals surface area contributed by atoms with Crippen LogP contribution in [0.2, 0.25) is 0 Å². The van der Waals surface area contributed by atoms with Gasteiger partial charge in [-0.2, -0.15) is 5.21 Å². The van der Waals surface area contributed by atoms with Crippen molar-refractivity contribution < 1.29 is 0 Å². The SMILES string of the molecule is Cc1ccc(-c2nc(N[C@@H](C)c3nn[nH]n3)ncc2-c2ccc(N)nc2)cc1. The summed E-state index contributed by atoms with van der Waals surface area (Å²) in [7, 11) is 0. The molecule has 0 spiro atoms. The van der Waals surface area contributed by atoms with Crippen LogP contribution in [0.5, 0.6) is 0 Å². The number of hydrogen-bond acceptors (Lipinski definition) is 8. The highest BCUT2D eigenvalue weighted by Gasteiger charge is 2.15. The number of nitrogens with one attached hydrogen (secondary N) is 2. The van der Waals surface area contributed by atoms with Gasteiger partial charge in [0.1, 0.15) is 5.82 Å². The maximum atomic E-state index is 5.72. The molecule has 0 radical (unpaired) electrons. The molecule has 9 nitrogen and oxygen atoms in total. The number of aromatic amines is 1. The second-order valence-corrected chi connectivity index (χ2v) is 6.43. The lowest BCUT2D eigenvalue weighted by atomic mass is 10.0. The van der Waals surface area contributed by atoms with Crippen molar-refractivity contribution in [1.29, 1.82) is 0 Å². The van der Waals surface area contributed by atoms with E-state index in [1.54, 1.807) is 18.5 Å². The van der Waals surface area contributed by atoms with E-state index in [1.165, 1.54) is 5.56 Å². The van der Waals surface area contributed by atoms with E-state index in [0.717, 1.165) is 22.4 Å². The highest BCUT2D eigenvalue weighted by molar-refractivity contribution is 5.80. The van der Waals surface area contributed by atoms with E-state index >= 15 is 0 Å². The number of H-pyrrole nitrogens is 1. The second-order valence-electron chi connectivity index (χ2n) is 6.43. The third-order valence-electron chi connectivity index (χ3n) is 4.31. The molecule has 0 fully saturated rings. The summed E-state index contributed by atoms with van der Waals surface area (Å²) in [5.74, 6) is 1.47. The Balaban J connectivity index is 1.76. The molecule has 0 unspecified atom stereocenters. The Morgan fingerprint density at radius 3 is 2.46 bits per heavy atom. The second kappa shape index (κ2) is 7.39. The Hall–Kier alpha value is -3.88. The number of aromatic nitrogens is 7. The summed E-state index contributed by atoms with van der Waals surface area (Å²) in [4.78, 5) is 13.4. The Kier molecular flexibility index (Phi) is 4.63. The topological polar surface area (TPSA) is 131 Å². The molecule has 0 amide bonds. The van der Waals surface area contributed by atoms with Gasteiger partial charge in [0.05, 0.1) is 11.7 Å². The number of aryl methyl sites for hydroxylation is 1. The summed E-state index contributed by atoms with van der Waals surface area (Å²) in [5, 5.41) is 17.2. The van der Waals surface area contributed by atoms with Crippen molar-refractivity contribution in [3.63, 3.8) is 0 Å². The van der Waals surface area contributed by atoms with E-state index in [9.17, 15) is 0 Å². The molecule has 0 saturated carbocycles. The summed E-state index contributed by atoms with van der Waals surface area (Å²) in [6.07, 6.45) is 3.50. The van der Waals surface area contributed by atoms with E-state index in [4.69, 9.17) is 10.7 Å². The molecule has 1 atom stereocenters. The highest BCUT2D eigenvalue weighted by atomic mass is 15.5. The smallest absolute Gasteiger partial charge is 0.223 e. The first kappa shape index (κ1) is 17.5. The number of rotatable bonds is 5. The molecule has 140 valence electrons. The normalized spacial score (nSPS) is 11.9. The standard InChI is InChI=1S/C19H19N9/c1-11-3-5-13(6-4-11)17-15(14-7-8-16(20)21-9-14)10-22-19(24-17)23-12(2)18-25-27-28-26-18/h3-10,12H,1-2H3,(H2,20,21)(H,22,23,24)(H,25,26,27,28)/t12-/m0/s1.